The summed E-state index contributed by atoms with van der Waals surface area (Å²) in [6.07, 6.45) is 0.234. The molecule has 1 aromatic heterocycles. The van der Waals surface area contributed by atoms with E-state index in [1.807, 2.05) is 6.92 Å². The molecule has 1 aliphatic carbocycles. The van der Waals surface area contributed by atoms with Gasteiger partial charge in [-0.2, -0.15) is 13.2 Å². The lowest BCUT2D eigenvalue weighted by atomic mass is 9.81. The van der Waals surface area contributed by atoms with Crippen molar-refractivity contribution >= 4 is 0 Å². The van der Waals surface area contributed by atoms with Crippen LogP contribution in [0.1, 0.15) is 44.7 Å². The third kappa shape index (κ3) is 2.68. The second-order valence-corrected chi connectivity index (χ2v) is 5.28. The summed E-state index contributed by atoms with van der Waals surface area (Å²) in [5, 5.41) is 0. The number of hydrogen-bond donors (Lipinski definition) is 0. The van der Waals surface area contributed by atoms with Crippen LogP contribution in [0.25, 0.3) is 0 Å². The van der Waals surface area contributed by atoms with E-state index in [0.717, 1.165) is 12.8 Å². The molecule has 1 aromatic rings. The van der Waals surface area contributed by atoms with Gasteiger partial charge in [-0.3, -0.25) is 4.98 Å². The normalized spacial score (nSPS) is 20.0. The van der Waals surface area contributed by atoms with E-state index in [2.05, 4.69) is 4.98 Å². The van der Waals surface area contributed by atoms with Crippen LogP contribution in [0.3, 0.4) is 0 Å². The third-order valence-electron chi connectivity index (χ3n) is 3.93. The first-order valence-corrected chi connectivity index (χ1v) is 7.14. The first-order valence-electron chi connectivity index (χ1n) is 7.14. The molecule has 0 bridgehead atoms. The van der Waals surface area contributed by atoms with E-state index in [1.165, 1.54) is 12.3 Å². The number of nitrogens with zero attached hydrogens (tertiary/aromatic N) is 1. The van der Waals surface area contributed by atoms with Crippen molar-refractivity contribution in [3.8, 4) is 0 Å². The smallest absolute Gasteiger partial charge is 0.359 e. The number of alkyl halides is 3. The molecule has 1 aliphatic rings. The maximum Gasteiger partial charge on any atom is 0.423 e. The Morgan fingerprint density at radius 3 is 2.45 bits per heavy atom. The second-order valence-electron chi connectivity index (χ2n) is 5.28. The number of hydrogen-bond acceptors (Lipinski definition) is 2. The van der Waals surface area contributed by atoms with Gasteiger partial charge in [0.05, 0.1) is 5.69 Å². The van der Waals surface area contributed by atoms with E-state index in [4.69, 9.17) is 4.74 Å². The summed E-state index contributed by atoms with van der Waals surface area (Å²) < 4.78 is 47.0. The highest BCUT2D eigenvalue weighted by Crippen LogP contribution is 2.52. The average Bonchev–Trinajstić information content (AvgIpc) is 2.94. The van der Waals surface area contributed by atoms with Crippen LogP contribution in [-0.2, 0) is 10.3 Å². The fourth-order valence-electron chi connectivity index (χ4n) is 3.04. The van der Waals surface area contributed by atoms with Gasteiger partial charge >= 0.3 is 6.18 Å². The van der Waals surface area contributed by atoms with Crippen LogP contribution in [-0.4, -0.2) is 17.8 Å². The van der Waals surface area contributed by atoms with Gasteiger partial charge in [0.25, 0.3) is 0 Å². The summed E-state index contributed by atoms with van der Waals surface area (Å²) >= 11 is 0. The standard InChI is InChI=1S/C15H20F3NO/c1-2-11-20-14(15(16,17)18,12-7-3-4-8-12)13-9-5-6-10-19-13/h5-6,9-10,12H,2-4,7-8,11H2,1H3. The molecule has 1 saturated carbocycles. The lowest BCUT2D eigenvalue weighted by Crippen LogP contribution is -2.50. The summed E-state index contributed by atoms with van der Waals surface area (Å²) in [7, 11) is 0. The molecule has 20 heavy (non-hydrogen) atoms. The number of aromatic nitrogens is 1. The highest BCUT2D eigenvalue weighted by molar-refractivity contribution is 5.19. The van der Waals surface area contributed by atoms with Crippen molar-refractivity contribution in [3.05, 3.63) is 30.1 Å². The van der Waals surface area contributed by atoms with Gasteiger partial charge in [0.2, 0.25) is 5.60 Å². The van der Waals surface area contributed by atoms with Crippen molar-refractivity contribution < 1.29 is 17.9 Å². The zero-order valence-electron chi connectivity index (χ0n) is 11.6. The highest BCUT2D eigenvalue weighted by Gasteiger charge is 2.62. The Bertz CT molecular complexity index is 415. The zero-order valence-corrected chi connectivity index (χ0v) is 11.6. The van der Waals surface area contributed by atoms with E-state index in [0.29, 0.717) is 19.3 Å². The van der Waals surface area contributed by atoms with Crippen LogP contribution in [0.4, 0.5) is 13.2 Å². The Morgan fingerprint density at radius 2 is 1.95 bits per heavy atom. The lowest BCUT2D eigenvalue weighted by molar-refractivity contribution is -0.306. The summed E-state index contributed by atoms with van der Waals surface area (Å²) in [4.78, 5) is 3.97. The van der Waals surface area contributed by atoms with Crippen molar-refractivity contribution in [2.24, 2.45) is 5.92 Å². The lowest BCUT2D eigenvalue weighted by Gasteiger charge is -2.40. The summed E-state index contributed by atoms with van der Waals surface area (Å²) in [5.74, 6) is -0.538. The first kappa shape index (κ1) is 15.3. The van der Waals surface area contributed by atoms with Crippen LogP contribution >= 0.6 is 0 Å². The van der Waals surface area contributed by atoms with Crippen LogP contribution < -0.4 is 0 Å². The summed E-state index contributed by atoms with van der Waals surface area (Å²) in [5.41, 5.74) is -2.26. The Hall–Kier alpha value is -1.10. The molecule has 1 unspecified atom stereocenters. The number of rotatable bonds is 5. The SMILES string of the molecule is CCCOC(c1ccccn1)(C1CCCC1)C(F)(F)F. The van der Waals surface area contributed by atoms with Gasteiger partial charge in [0.1, 0.15) is 0 Å². The fraction of sp³-hybridized carbons (Fsp3) is 0.667. The zero-order chi connectivity index (χ0) is 14.6. The summed E-state index contributed by atoms with van der Waals surface area (Å²) in [6, 6.07) is 4.65. The maximum absolute atomic E-state index is 13.9. The Balaban J connectivity index is 2.48. The maximum atomic E-state index is 13.9. The van der Waals surface area contributed by atoms with Gasteiger partial charge in [0.15, 0.2) is 0 Å². The average molecular weight is 287 g/mol. The molecule has 1 fully saturated rings. The molecule has 0 radical (unpaired) electrons. The molecule has 0 aromatic carbocycles. The van der Waals surface area contributed by atoms with Crippen LogP contribution in [0.15, 0.2) is 24.4 Å². The molecule has 1 atom stereocenters. The molecule has 1 heterocycles. The van der Waals surface area contributed by atoms with Gasteiger partial charge in [-0.05, 0) is 31.4 Å². The molecule has 2 rings (SSSR count). The van der Waals surface area contributed by atoms with Crippen molar-refractivity contribution in [1.29, 1.82) is 0 Å². The molecular formula is C15H20F3NO. The molecule has 0 N–H and O–H groups in total. The van der Waals surface area contributed by atoms with E-state index >= 15 is 0 Å². The largest absolute Gasteiger partial charge is 0.423 e. The number of halogens is 3. The molecule has 0 spiro atoms. The van der Waals surface area contributed by atoms with Crippen LogP contribution in [0, 0.1) is 5.92 Å². The number of pyridine rings is 1. The number of ether oxygens (including phenoxy) is 1. The molecule has 2 nitrogen and oxygen atoms in total. The molecule has 0 saturated heterocycles. The van der Waals surface area contributed by atoms with Crippen molar-refractivity contribution in [2.75, 3.05) is 6.61 Å². The van der Waals surface area contributed by atoms with E-state index in [9.17, 15) is 13.2 Å². The minimum atomic E-state index is -4.45. The van der Waals surface area contributed by atoms with Gasteiger partial charge < -0.3 is 4.74 Å². The van der Waals surface area contributed by atoms with Crippen LogP contribution in [0.2, 0.25) is 0 Å². The Labute approximate surface area is 117 Å². The van der Waals surface area contributed by atoms with Gasteiger partial charge in [0, 0.05) is 18.7 Å². The topological polar surface area (TPSA) is 22.1 Å². The predicted molar refractivity (Wildman–Crippen MR) is 70.2 cm³/mol. The Kier molecular flexibility index (Phi) is 4.68. The van der Waals surface area contributed by atoms with E-state index < -0.39 is 17.7 Å². The summed E-state index contributed by atoms with van der Waals surface area (Å²) in [6.45, 7) is 1.90. The molecular weight excluding hydrogens is 267 g/mol. The van der Waals surface area contributed by atoms with Crippen molar-refractivity contribution in [3.63, 3.8) is 0 Å². The molecule has 112 valence electrons. The minimum Gasteiger partial charge on any atom is -0.359 e. The second kappa shape index (κ2) is 6.12. The van der Waals surface area contributed by atoms with Gasteiger partial charge in [-0.15, -0.1) is 0 Å². The highest BCUT2D eigenvalue weighted by atomic mass is 19.4. The monoisotopic (exact) mass is 287 g/mol. The quantitative estimate of drug-likeness (QED) is 0.798. The molecule has 0 amide bonds. The fourth-order valence-corrected chi connectivity index (χ4v) is 3.04. The predicted octanol–water partition coefficient (Wildman–Crippen LogP) is 4.46. The van der Waals surface area contributed by atoms with E-state index in [-0.39, 0.29) is 12.3 Å². The van der Waals surface area contributed by atoms with Crippen LogP contribution in [0.5, 0.6) is 0 Å². The van der Waals surface area contributed by atoms with E-state index in [1.54, 1.807) is 12.1 Å². The van der Waals surface area contributed by atoms with Crippen molar-refractivity contribution in [2.45, 2.75) is 50.8 Å². The minimum absolute atomic E-state index is 0.00662. The van der Waals surface area contributed by atoms with Gasteiger partial charge in [-0.1, -0.05) is 25.8 Å². The molecule has 5 heteroatoms. The Morgan fingerprint density at radius 1 is 1.25 bits per heavy atom. The van der Waals surface area contributed by atoms with Crippen molar-refractivity contribution in [1.82, 2.24) is 4.98 Å². The first-order chi connectivity index (χ1) is 9.52. The third-order valence-corrected chi connectivity index (χ3v) is 3.93. The molecule has 0 aliphatic heterocycles. The van der Waals surface area contributed by atoms with Gasteiger partial charge in [-0.25, -0.2) is 0 Å².